The largest absolute Gasteiger partial charge is 0.474 e. The van der Waals surface area contributed by atoms with Crippen molar-refractivity contribution in [2.45, 2.75) is 39.7 Å². The van der Waals surface area contributed by atoms with Crippen LogP contribution in [0.5, 0.6) is 5.88 Å². The van der Waals surface area contributed by atoms with Gasteiger partial charge >= 0.3 is 0 Å². The van der Waals surface area contributed by atoms with Gasteiger partial charge in [-0.25, -0.2) is 15.0 Å². The van der Waals surface area contributed by atoms with Crippen molar-refractivity contribution >= 4 is 24.7 Å². The highest BCUT2D eigenvalue weighted by atomic mass is 19.3. The van der Waals surface area contributed by atoms with Gasteiger partial charge in [0.15, 0.2) is 5.82 Å². The summed E-state index contributed by atoms with van der Waals surface area (Å²) in [4.78, 5) is 26.5. The Morgan fingerprint density at radius 1 is 1.35 bits per heavy atom. The minimum absolute atomic E-state index is 0.0856. The van der Waals surface area contributed by atoms with E-state index in [1.807, 2.05) is 6.92 Å². The van der Waals surface area contributed by atoms with E-state index in [1.54, 1.807) is 30.9 Å². The second kappa shape index (κ2) is 10.5. The number of hydrogen-bond acceptors (Lipinski definition) is 8. The maximum atomic E-state index is 13.3. The van der Waals surface area contributed by atoms with Crippen molar-refractivity contribution < 1.29 is 18.3 Å². The maximum absolute atomic E-state index is 13.3. The summed E-state index contributed by atoms with van der Waals surface area (Å²) in [5.41, 5.74) is -0.152. The number of hydrazone groups is 2. The van der Waals surface area contributed by atoms with Crippen molar-refractivity contribution in [3.63, 3.8) is 0 Å². The first-order chi connectivity index (χ1) is 14.7. The molecule has 2 aromatic heterocycles. The molecule has 31 heavy (non-hydrogen) atoms. The number of alkyl halides is 2. The zero-order valence-corrected chi connectivity index (χ0v) is 17.9. The summed E-state index contributed by atoms with van der Waals surface area (Å²) in [7, 11) is 0. The number of carbonyl (C=O) groups is 1. The van der Waals surface area contributed by atoms with Crippen LogP contribution >= 0.6 is 0 Å². The van der Waals surface area contributed by atoms with Gasteiger partial charge in [-0.3, -0.25) is 4.79 Å². The molecule has 2 heterocycles. The molecule has 0 unspecified atom stereocenters. The Morgan fingerprint density at radius 3 is 2.65 bits per heavy atom. The fourth-order valence-electron chi connectivity index (χ4n) is 2.71. The van der Waals surface area contributed by atoms with Gasteiger partial charge in [-0.1, -0.05) is 0 Å². The van der Waals surface area contributed by atoms with Crippen molar-refractivity contribution in [1.29, 1.82) is 0 Å². The Bertz CT molecular complexity index is 916. The molecule has 2 aromatic rings. The molecule has 1 atom stereocenters. The lowest BCUT2D eigenvalue weighted by molar-refractivity contribution is 0.0121. The number of carbonyl (C=O) groups excluding carboxylic acids is 1. The normalized spacial score (nSPS) is 12.5. The molecule has 0 bridgehead atoms. The topological polar surface area (TPSA) is 96.2 Å². The third kappa shape index (κ3) is 6.00. The van der Waals surface area contributed by atoms with Gasteiger partial charge in [0.2, 0.25) is 5.88 Å². The third-order valence-electron chi connectivity index (χ3n) is 4.25. The molecule has 0 fully saturated rings. The summed E-state index contributed by atoms with van der Waals surface area (Å²) < 4.78 is 32.1. The number of nitrogens with zero attached hydrogens (tertiary/aromatic N) is 7. The lowest BCUT2D eigenvalue weighted by Crippen LogP contribution is -2.42. The van der Waals surface area contributed by atoms with Crippen LogP contribution in [-0.2, 0) is 5.92 Å². The number of halogens is 2. The molecule has 0 aromatic carbocycles. The fraction of sp³-hybridized carbons (Fsp3) is 0.400. The molecule has 2 rings (SSSR count). The van der Waals surface area contributed by atoms with Gasteiger partial charge in [-0.05, 0) is 32.9 Å². The second-order valence-electron chi connectivity index (χ2n) is 6.56. The summed E-state index contributed by atoms with van der Waals surface area (Å²) >= 11 is 0. The monoisotopic (exact) mass is 433 g/mol. The van der Waals surface area contributed by atoms with Gasteiger partial charge < -0.3 is 9.64 Å². The number of likely N-dealkylation sites (N-methyl/N-ethyl adjacent to an activating group) is 1. The van der Waals surface area contributed by atoms with Crippen molar-refractivity contribution in [2.75, 3.05) is 18.3 Å². The second-order valence-corrected chi connectivity index (χ2v) is 6.56. The smallest absolute Gasteiger partial charge is 0.288 e. The molecule has 11 heteroatoms. The molecule has 0 N–H and O–H groups in total. The highest BCUT2D eigenvalue weighted by Crippen LogP contribution is 2.25. The van der Waals surface area contributed by atoms with Crippen molar-refractivity contribution in [1.82, 2.24) is 19.9 Å². The van der Waals surface area contributed by atoms with E-state index >= 15 is 0 Å². The van der Waals surface area contributed by atoms with Crippen LogP contribution in [-0.4, -0.2) is 57.9 Å². The lowest BCUT2D eigenvalue weighted by Gasteiger charge is -2.28. The number of anilines is 1. The molecule has 1 amide bonds. The average molecular weight is 433 g/mol. The predicted molar refractivity (Wildman–Crippen MR) is 114 cm³/mol. The molecule has 0 saturated carbocycles. The summed E-state index contributed by atoms with van der Waals surface area (Å²) in [5.74, 6) is -3.05. The number of amides is 1. The van der Waals surface area contributed by atoms with E-state index in [0.717, 1.165) is 19.3 Å². The van der Waals surface area contributed by atoms with E-state index < -0.39 is 11.6 Å². The van der Waals surface area contributed by atoms with Gasteiger partial charge in [-0.15, -0.1) is 5.12 Å². The minimum Gasteiger partial charge on any atom is -0.474 e. The van der Waals surface area contributed by atoms with Crippen LogP contribution in [0.1, 0.15) is 43.7 Å². The Kier molecular flexibility index (Phi) is 8.06. The Hall–Kier alpha value is -3.50. The van der Waals surface area contributed by atoms with Crippen molar-refractivity contribution in [3.05, 3.63) is 42.0 Å². The van der Waals surface area contributed by atoms with E-state index in [0.29, 0.717) is 12.1 Å². The number of hydrogen-bond donors (Lipinski definition) is 0. The Balaban J connectivity index is 2.15. The van der Waals surface area contributed by atoms with Gasteiger partial charge in [-0.2, -0.15) is 19.0 Å². The highest BCUT2D eigenvalue weighted by molar-refractivity contribution is 5.99. The van der Waals surface area contributed by atoms with E-state index in [4.69, 9.17) is 4.74 Å². The van der Waals surface area contributed by atoms with Crippen molar-refractivity contribution in [3.8, 4) is 5.88 Å². The number of aromatic nitrogens is 3. The van der Waals surface area contributed by atoms with Crippen LogP contribution in [0.25, 0.3) is 0 Å². The first-order valence-electron chi connectivity index (χ1n) is 9.57. The standard InChI is InChI=1S/C20H25F2N7O2/c1-6-27-29(23-5)18-15(9-8-10-24-18)19(30)28(7-2)14(3)13-31-17-12-25-16(11-26-17)20(4,21)22/h6,8-12,14H,5,7,13H2,1-4H3/b27-6-/t14-/m0/s1. The number of ether oxygens (including phenoxy) is 1. The van der Waals surface area contributed by atoms with Crippen LogP contribution in [0.2, 0.25) is 0 Å². The Morgan fingerprint density at radius 2 is 2.10 bits per heavy atom. The SMILES string of the molecule is C=NN(/N=C\C)c1ncccc1C(=O)N(CC)[C@@H](C)COc1cnc(C(C)(F)F)cn1. The van der Waals surface area contributed by atoms with E-state index in [1.165, 1.54) is 17.5 Å². The molecule has 0 spiro atoms. The molecule has 0 aliphatic rings. The van der Waals surface area contributed by atoms with E-state index in [-0.39, 0.29) is 30.3 Å². The lowest BCUT2D eigenvalue weighted by atomic mass is 10.2. The number of rotatable bonds is 10. The fourth-order valence-corrected chi connectivity index (χ4v) is 2.71. The zero-order chi connectivity index (χ0) is 23.0. The molecule has 0 aliphatic heterocycles. The first kappa shape index (κ1) is 23.8. The highest BCUT2D eigenvalue weighted by Gasteiger charge is 2.27. The predicted octanol–water partition coefficient (Wildman–Crippen LogP) is 3.34. The maximum Gasteiger partial charge on any atom is 0.288 e. The van der Waals surface area contributed by atoms with Gasteiger partial charge in [0.05, 0.1) is 24.0 Å². The average Bonchev–Trinajstić information content (AvgIpc) is 2.76. The van der Waals surface area contributed by atoms with E-state index in [2.05, 4.69) is 31.9 Å². The first-order valence-corrected chi connectivity index (χ1v) is 9.57. The van der Waals surface area contributed by atoms with Gasteiger partial charge in [0.25, 0.3) is 11.8 Å². The van der Waals surface area contributed by atoms with Crippen LogP contribution in [0, 0.1) is 0 Å². The van der Waals surface area contributed by atoms with Crippen LogP contribution in [0.15, 0.2) is 40.9 Å². The van der Waals surface area contributed by atoms with Gasteiger partial charge in [0, 0.05) is 32.6 Å². The third-order valence-corrected chi connectivity index (χ3v) is 4.25. The van der Waals surface area contributed by atoms with Gasteiger partial charge in [0.1, 0.15) is 12.3 Å². The van der Waals surface area contributed by atoms with E-state index in [9.17, 15) is 13.6 Å². The Labute approximate surface area is 179 Å². The zero-order valence-electron chi connectivity index (χ0n) is 17.9. The van der Waals surface area contributed by atoms with Crippen LogP contribution < -0.4 is 9.85 Å². The quantitative estimate of drug-likeness (QED) is 0.421. The summed E-state index contributed by atoms with van der Waals surface area (Å²) in [6.45, 7) is 10.0. The summed E-state index contributed by atoms with van der Waals surface area (Å²) in [6.07, 6.45) is 5.13. The molecule has 9 nitrogen and oxygen atoms in total. The minimum atomic E-state index is -3.08. The molecule has 0 saturated heterocycles. The molecule has 0 radical (unpaired) electrons. The molecule has 166 valence electrons. The summed E-state index contributed by atoms with van der Waals surface area (Å²) in [6, 6.07) is 2.90. The molecule has 0 aliphatic carbocycles. The van der Waals surface area contributed by atoms with Crippen molar-refractivity contribution in [2.24, 2.45) is 10.2 Å². The van der Waals surface area contributed by atoms with Crippen LogP contribution in [0.4, 0.5) is 14.6 Å². The summed E-state index contributed by atoms with van der Waals surface area (Å²) in [5, 5.41) is 8.99. The number of pyridine rings is 1. The molecular weight excluding hydrogens is 408 g/mol. The van der Waals surface area contributed by atoms with Crippen LogP contribution in [0.3, 0.4) is 0 Å². The molecular formula is C20H25F2N7O2.